The Labute approximate surface area is 88.5 Å². The van der Waals surface area contributed by atoms with Crippen molar-refractivity contribution in [2.45, 2.75) is 13.5 Å². The molecule has 0 aliphatic heterocycles. The first kappa shape index (κ1) is 10.9. The maximum atomic E-state index is 12.8. The van der Waals surface area contributed by atoms with Crippen LogP contribution >= 0.6 is 12.2 Å². The zero-order chi connectivity index (χ0) is 10.4. The van der Waals surface area contributed by atoms with E-state index < -0.39 is 0 Å². The molecule has 76 valence electrons. The van der Waals surface area contributed by atoms with Gasteiger partial charge in [0.25, 0.3) is 0 Å². The minimum atomic E-state index is -0.223. The summed E-state index contributed by atoms with van der Waals surface area (Å²) in [6.07, 6.45) is 0. The topological polar surface area (TPSA) is 24.1 Å². The molecule has 0 radical (unpaired) electrons. The van der Waals surface area contributed by atoms with E-state index in [1.165, 1.54) is 12.1 Å². The smallest absolute Gasteiger partial charge is 0.166 e. The minimum Gasteiger partial charge on any atom is -0.363 e. The van der Waals surface area contributed by atoms with E-state index in [0.717, 1.165) is 12.1 Å². The normalized spacial score (nSPS) is 9.57. The van der Waals surface area contributed by atoms with Gasteiger partial charge in [0.1, 0.15) is 5.82 Å². The summed E-state index contributed by atoms with van der Waals surface area (Å²) in [6, 6.07) is 6.45. The average molecular weight is 212 g/mol. The Morgan fingerprint density at radius 3 is 2.86 bits per heavy atom. The van der Waals surface area contributed by atoms with Crippen molar-refractivity contribution in [3.05, 3.63) is 35.6 Å². The highest BCUT2D eigenvalue weighted by Crippen LogP contribution is 2.02. The summed E-state index contributed by atoms with van der Waals surface area (Å²) in [5.41, 5.74) is 0.880. The molecule has 1 aromatic rings. The first-order valence-corrected chi connectivity index (χ1v) is 4.89. The summed E-state index contributed by atoms with van der Waals surface area (Å²) in [4.78, 5) is 0. The van der Waals surface area contributed by atoms with Crippen LogP contribution in [0.15, 0.2) is 24.3 Å². The van der Waals surface area contributed by atoms with Crippen LogP contribution in [0.5, 0.6) is 0 Å². The molecule has 0 saturated heterocycles. The van der Waals surface area contributed by atoms with Crippen LogP contribution in [0.25, 0.3) is 0 Å². The van der Waals surface area contributed by atoms with Gasteiger partial charge in [-0.25, -0.2) is 4.39 Å². The van der Waals surface area contributed by atoms with Crippen molar-refractivity contribution in [1.29, 1.82) is 0 Å². The van der Waals surface area contributed by atoms with E-state index >= 15 is 0 Å². The molecule has 0 aliphatic rings. The molecule has 2 nitrogen and oxygen atoms in total. The van der Waals surface area contributed by atoms with E-state index in [0.29, 0.717) is 11.7 Å². The van der Waals surface area contributed by atoms with Crippen LogP contribution in [-0.2, 0) is 6.54 Å². The van der Waals surface area contributed by atoms with Gasteiger partial charge < -0.3 is 10.6 Å². The Morgan fingerprint density at radius 1 is 1.43 bits per heavy atom. The monoisotopic (exact) mass is 212 g/mol. The molecule has 0 bridgehead atoms. The maximum absolute atomic E-state index is 12.8. The van der Waals surface area contributed by atoms with Gasteiger partial charge in [0.2, 0.25) is 0 Å². The number of halogens is 1. The molecule has 14 heavy (non-hydrogen) atoms. The lowest BCUT2D eigenvalue weighted by Crippen LogP contribution is -2.34. The molecule has 1 aromatic carbocycles. The fourth-order valence-corrected chi connectivity index (χ4v) is 1.27. The quantitative estimate of drug-likeness (QED) is 0.747. The van der Waals surface area contributed by atoms with Crippen molar-refractivity contribution in [2.75, 3.05) is 6.54 Å². The Bertz CT molecular complexity index is 315. The van der Waals surface area contributed by atoms with Crippen LogP contribution in [0.3, 0.4) is 0 Å². The lowest BCUT2D eigenvalue weighted by atomic mass is 10.2. The van der Waals surface area contributed by atoms with Crippen molar-refractivity contribution in [3.8, 4) is 0 Å². The van der Waals surface area contributed by atoms with Crippen LogP contribution in [0.4, 0.5) is 4.39 Å². The molecule has 0 heterocycles. The highest BCUT2D eigenvalue weighted by Gasteiger charge is 1.96. The second kappa shape index (κ2) is 5.54. The predicted molar refractivity (Wildman–Crippen MR) is 59.5 cm³/mol. The average Bonchev–Trinajstić information content (AvgIpc) is 2.15. The third kappa shape index (κ3) is 3.70. The van der Waals surface area contributed by atoms with Gasteiger partial charge in [-0.05, 0) is 36.8 Å². The molecule has 2 N–H and O–H groups in total. The third-order valence-corrected chi connectivity index (χ3v) is 1.97. The Balaban J connectivity index is 2.41. The fourth-order valence-electron chi connectivity index (χ4n) is 1.05. The van der Waals surface area contributed by atoms with E-state index in [1.807, 2.05) is 13.0 Å². The lowest BCUT2D eigenvalue weighted by molar-refractivity contribution is 0.624. The number of nitrogens with one attached hydrogen (secondary N) is 2. The van der Waals surface area contributed by atoms with E-state index in [1.54, 1.807) is 6.07 Å². The molecule has 0 atom stereocenters. The summed E-state index contributed by atoms with van der Waals surface area (Å²) in [5.74, 6) is -0.223. The van der Waals surface area contributed by atoms with Crippen molar-refractivity contribution in [3.63, 3.8) is 0 Å². The molecule has 0 fully saturated rings. The molecule has 0 aliphatic carbocycles. The first-order valence-electron chi connectivity index (χ1n) is 4.48. The second-order valence-electron chi connectivity index (χ2n) is 2.84. The Hall–Kier alpha value is -1.16. The van der Waals surface area contributed by atoms with E-state index in [-0.39, 0.29) is 5.82 Å². The number of hydrogen-bond acceptors (Lipinski definition) is 1. The van der Waals surface area contributed by atoms with Crippen LogP contribution in [-0.4, -0.2) is 11.7 Å². The van der Waals surface area contributed by atoms with Gasteiger partial charge in [0.15, 0.2) is 5.11 Å². The molecule has 0 aromatic heterocycles. The number of benzene rings is 1. The largest absolute Gasteiger partial charge is 0.363 e. The molecule has 4 heteroatoms. The molecule has 0 saturated carbocycles. The zero-order valence-electron chi connectivity index (χ0n) is 8.01. The standard InChI is InChI=1S/C10H13FN2S/c1-2-12-10(14)13-7-8-4-3-5-9(11)6-8/h3-6H,2,7H2,1H3,(H2,12,13,14). The Kier molecular flexibility index (Phi) is 4.32. The van der Waals surface area contributed by atoms with Crippen LogP contribution in [0, 0.1) is 5.82 Å². The second-order valence-corrected chi connectivity index (χ2v) is 3.25. The van der Waals surface area contributed by atoms with Crippen molar-refractivity contribution < 1.29 is 4.39 Å². The van der Waals surface area contributed by atoms with Gasteiger partial charge >= 0.3 is 0 Å². The van der Waals surface area contributed by atoms with Gasteiger partial charge in [-0.3, -0.25) is 0 Å². The van der Waals surface area contributed by atoms with E-state index in [2.05, 4.69) is 10.6 Å². The molecule has 0 amide bonds. The zero-order valence-corrected chi connectivity index (χ0v) is 8.83. The molecular weight excluding hydrogens is 199 g/mol. The first-order chi connectivity index (χ1) is 6.72. The number of thiocarbonyl (C=S) groups is 1. The molecule has 1 rings (SSSR count). The van der Waals surface area contributed by atoms with Gasteiger partial charge in [0.05, 0.1) is 0 Å². The van der Waals surface area contributed by atoms with Crippen molar-refractivity contribution >= 4 is 17.3 Å². The number of hydrogen-bond donors (Lipinski definition) is 2. The molecule has 0 unspecified atom stereocenters. The highest BCUT2D eigenvalue weighted by atomic mass is 32.1. The van der Waals surface area contributed by atoms with Crippen molar-refractivity contribution in [1.82, 2.24) is 10.6 Å². The van der Waals surface area contributed by atoms with Gasteiger partial charge in [-0.1, -0.05) is 12.1 Å². The Morgan fingerprint density at radius 2 is 2.21 bits per heavy atom. The SMILES string of the molecule is CCNC(=S)NCc1cccc(F)c1. The lowest BCUT2D eigenvalue weighted by Gasteiger charge is -2.08. The van der Waals surface area contributed by atoms with Gasteiger partial charge in [-0.15, -0.1) is 0 Å². The number of rotatable bonds is 3. The summed E-state index contributed by atoms with van der Waals surface area (Å²) < 4.78 is 12.8. The van der Waals surface area contributed by atoms with Crippen LogP contribution in [0.1, 0.15) is 12.5 Å². The highest BCUT2D eigenvalue weighted by molar-refractivity contribution is 7.80. The summed E-state index contributed by atoms with van der Waals surface area (Å²) in [6.45, 7) is 3.30. The van der Waals surface area contributed by atoms with E-state index in [4.69, 9.17) is 12.2 Å². The minimum absolute atomic E-state index is 0.223. The molecule has 0 spiro atoms. The van der Waals surface area contributed by atoms with Crippen LogP contribution < -0.4 is 10.6 Å². The maximum Gasteiger partial charge on any atom is 0.166 e. The van der Waals surface area contributed by atoms with Gasteiger partial charge in [0, 0.05) is 13.1 Å². The summed E-state index contributed by atoms with van der Waals surface area (Å²) >= 11 is 4.97. The van der Waals surface area contributed by atoms with Gasteiger partial charge in [-0.2, -0.15) is 0 Å². The van der Waals surface area contributed by atoms with Crippen LogP contribution in [0.2, 0.25) is 0 Å². The molecular formula is C10H13FN2S. The summed E-state index contributed by atoms with van der Waals surface area (Å²) in [5, 5.41) is 6.53. The fraction of sp³-hybridized carbons (Fsp3) is 0.300. The predicted octanol–water partition coefficient (Wildman–Crippen LogP) is 1.81. The van der Waals surface area contributed by atoms with Crippen molar-refractivity contribution in [2.24, 2.45) is 0 Å². The van der Waals surface area contributed by atoms with E-state index in [9.17, 15) is 4.39 Å². The summed E-state index contributed by atoms with van der Waals surface area (Å²) in [7, 11) is 0. The third-order valence-electron chi connectivity index (χ3n) is 1.68.